The first-order valence-electron chi connectivity index (χ1n) is 9.05. The van der Waals surface area contributed by atoms with E-state index in [1.165, 1.54) is 39.2 Å². The summed E-state index contributed by atoms with van der Waals surface area (Å²) in [4.78, 5) is 12.5. The van der Waals surface area contributed by atoms with Crippen LogP contribution in [0.5, 0.6) is 0 Å². The molecule has 0 N–H and O–H groups in total. The molecular weight excluding hydrogens is 284 g/mol. The predicted molar refractivity (Wildman–Crippen MR) is 91.5 cm³/mol. The van der Waals surface area contributed by atoms with Gasteiger partial charge in [0.1, 0.15) is 0 Å². The van der Waals surface area contributed by atoms with Crippen molar-refractivity contribution in [3.8, 4) is 0 Å². The van der Waals surface area contributed by atoms with Crippen molar-refractivity contribution in [3.63, 3.8) is 0 Å². The topological polar surface area (TPSA) is 26.3 Å². The van der Waals surface area contributed by atoms with Gasteiger partial charge in [-0.15, -0.1) is 0 Å². The van der Waals surface area contributed by atoms with Crippen LogP contribution in [0.3, 0.4) is 0 Å². The molecule has 23 heavy (non-hydrogen) atoms. The minimum atomic E-state index is -0.0739. The van der Waals surface area contributed by atoms with Crippen LogP contribution in [0.15, 0.2) is 36.4 Å². The number of hydrogen-bond acceptors (Lipinski definition) is 2. The van der Waals surface area contributed by atoms with Crippen molar-refractivity contribution in [3.05, 3.63) is 42.0 Å². The minimum Gasteiger partial charge on any atom is -0.469 e. The van der Waals surface area contributed by atoms with Gasteiger partial charge in [-0.1, -0.05) is 42.5 Å². The summed E-state index contributed by atoms with van der Waals surface area (Å²) in [6.07, 6.45) is 11.0. The van der Waals surface area contributed by atoms with E-state index in [-0.39, 0.29) is 11.9 Å². The molecule has 0 spiro atoms. The van der Waals surface area contributed by atoms with Crippen LogP contribution in [0.2, 0.25) is 0 Å². The van der Waals surface area contributed by atoms with Crippen LogP contribution in [0.1, 0.15) is 37.7 Å². The van der Waals surface area contributed by atoms with Crippen LogP contribution in [0.4, 0.5) is 0 Å². The van der Waals surface area contributed by atoms with Gasteiger partial charge in [0.25, 0.3) is 0 Å². The molecule has 2 heteroatoms. The molecule has 2 nitrogen and oxygen atoms in total. The van der Waals surface area contributed by atoms with Gasteiger partial charge >= 0.3 is 5.97 Å². The Morgan fingerprint density at radius 1 is 1.04 bits per heavy atom. The third kappa shape index (κ3) is 2.84. The number of rotatable bonds is 4. The van der Waals surface area contributed by atoms with Gasteiger partial charge in [-0.25, -0.2) is 0 Å². The highest BCUT2D eigenvalue weighted by Crippen LogP contribution is 2.58. The molecule has 1 aromatic carbocycles. The van der Waals surface area contributed by atoms with Crippen LogP contribution in [0.25, 0.3) is 6.08 Å². The number of hydrogen-bond donors (Lipinski definition) is 0. The second-order valence-corrected chi connectivity index (χ2v) is 7.83. The van der Waals surface area contributed by atoms with Gasteiger partial charge in [0.2, 0.25) is 0 Å². The Morgan fingerprint density at radius 3 is 2.22 bits per heavy atom. The Balaban J connectivity index is 1.59. The predicted octanol–water partition coefficient (Wildman–Crippen LogP) is 4.56. The van der Waals surface area contributed by atoms with E-state index in [1.807, 2.05) is 18.2 Å². The van der Waals surface area contributed by atoms with Gasteiger partial charge in [0, 0.05) is 0 Å². The van der Waals surface area contributed by atoms with Gasteiger partial charge in [0.05, 0.1) is 13.0 Å². The van der Waals surface area contributed by atoms with Crippen LogP contribution in [0, 0.1) is 35.5 Å². The summed E-state index contributed by atoms with van der Waals surface area (Å²) in [6, 6.07) is 10.3. The van der Waals surface area contributed by atoms with Crippen molar-refractivity contribution < 1.29 is 9.53 Å². The Bertz CT molecular complexity index is 561. The molecule has 5 rings (SSSR count). The summed E-state index contributed by atoms with van der Waals surface area (Å²) in [5.41, 5.74) is 1.16. The first kappa shape index (κ1) is 15.0. The fourth-order valence-electron chi connectivity index (χ4n) is 5.83. The third-order valence-electron chi connectivity index (χ3n) is 6.48. The molecular formula is C21H26O2. The Morgan fingerprint density at radius 2 is 1.65 bits per heavy atom. The average molecular weight is 310 g/mol. The number of carbonyl (C=O) groups is 1. The minimum absolute atomic E-state index is 0.0466. The standard InChI is InChI=1S/C21H26O2/c1-23-21(22)19(8-7-14-5-3-2-4-6-14)20-17-10-15-9-16(12-17)13-18(20)11-15/h2-8,15-20H,9-13H2,1H3/b8-7+/t15?,16?,17?,18?,19-,20?/m0/s1. The fraction of sp³-hybridized carbons (Fsp3) is 0.571. The Kier molecular flexibility index (Phi) is 4.00. The first-order chi connectivity index (χ1) is 11.2. The SMILES string of the molecule is COC(=O)[C@@H](/C=C/c1ccccc1)C1C2CC3CC(C2)CC1C3. The summed E-state index contributed by atoms with van der Waals surface area (Å²) in [5.74, 6) is 3.71. The third-order valence-corrected chi connectivity index (χ3v) is 6.48. The molecule has 1 aromatic rings. The maximum Gasteiger partial charge on any atom is 0.312 e. The summed E-state index contributed by atoms with van der Waals surface area (Å²) >= 11 is 0. The summed E-state index contributed by atoms with van der Waals surface area (Å²) in [7, 11) is 1.53. The number of benzene rings is 1. The molecule has 0 saturated heterocycles. The molecule has 4 bridgehead atoms. The van der Waals surface area contributed by atoms with Crippen molar-refractivity contribution in [1.82, 2.24) is 0 Å². The fourth-order valence-corrected chi connectivity index (χ4v) is 5.83. The average Bonchev–Trinajstić information content (AvgIpc) is 2.57. The maximum atomic E-state index is 12.5. The molecule has 4 aliphatic rings. The largest absolute Gasteiger partial charge is 0.469 e. The Labute approximate surface area is 138 Å². The summed E-state index contributed by atoms with van der Waals surface area (Å²) in [5, 5.41) is 0. The van der Waals surface area contributed by atoms with Crippen LogP contribution >= 0.6 is 0 Å². The van der Waals surface area contributed by atoms with Crippen molar-refractivity contribution >= 4 is 12.0 Å². The lowest BCUT2D eigenvalue weighted by molar-refractivity contribution is -0.151. The number of methoxy groups -OCH3 is 1. The van der Waals surface area contributed by atoms with Crippen molar-refractivity contribution in [1.29, 1.82) is 0 Å². The van der Waals surface area contributed by atoms with Gasteiger partial charge in [-0.3, -0.25) is 4.79 Å². The summed E-state index contributed by atoms with van der Waals surface area (Å²) < 4.78 is 5.17. The molecule has 1 atom stereocenters. The highest BCUT2D eigenvalue weighted by Gasteiger charge is 2.51. The van der Waals surface area contributed by atoms with E-state index in [9.17, 15) is 4.79 Å². The van der Waals surface area contributed by atoms with Gasteiger partial charge in [0.15, 0.2) is 0 Å². The lowest BCUT2D eigenvalue weighted by Crippen LogP contribution is -2.48. The van der Waals surface area contributed by atoms with E-state index < -0.39 is 0 Å². The molecule has 0 amide bonds. The highest BCUT2D eigenvalue weighted by atomic mass is 16.5. The van der Waals surface area contributed by atoms with Gasteiger partial charge < -0.3 is 4.74 Å². The van der Waals surface area contributed by atoms with E-state index in [2.05, 4.69) is 24.3 Å². The monoisotopic (exact) mass is 310 g/mol. The maximum absolute atomic E-state index is 12.5. The van der Waals surface area contributed by atoms with E-state index in [0.29, 0.717) is 5.92 Å². The van der Waals surface area contributed by atoms with Crippen LogP contribution in [-0.4, -0.2) is 13.1 Å². The van der Waals surface area contributed by atoms with E-state index >= 15 is 0 Å². The quantitative estimate of drug-likeness (QED) is 0.762. The van der Waals surface area contributed by atoms with E-state index in [0.717, 1.165) is 29.2 Å². The zero-order valence-corrected chi connectivity index (χ0v) is 13.9. The zero-order chi connectivity index (χ0) is 15.8. The Hall–Kier alpha value is -1.57. The van der Waals surface area contributed by atoms with Gasteiger partial charge in [-0.2, -0.15) is 0 Å². The molecule has 4 aliphatic carbocycles. The van der Waals surface area contributed by atoms with Crippen molar-refractivity contribution in [2.45, 2.75) is 32.1 Å². The molecule has 4 saturated carbocycles. The highest BCUT2D eigenvalue weighted by molar-refractivity contribution is 5.76. The molecule has 122 valence electrons. The smallest absolute Gasteiger partial charge is 0.312 e. The number of esters is 1. The molecule has 0 aliphatic heterocycles. The number of carbonyl (C=O) groups excluding carboxylic acids is 1. The second kappa shape index (κ2) is 6.14. The van der Waals surface area contributed by atoms with Crippen LogP contribution < -0.4 is 0 Å². The second-order valence-electron chi connectivity index (χ2n) is 7.83. The molecule has 4 fully saturated rings. The van der Waals surface area contributed by atoms with E-state index in [4.69, 9.17) is 4.74 Å². The number of ether oxygens (including phenoxy) is 1. The zero-order valence-electron chi connectivity index (χ0n) is 13.9. The van der Waals surface area contributed by atoms with Crippen LogP contribution in [-0.2, 0) is 9.53 Å². The van der Waals surface area contributed by atoms with Gasteiger partial charge in [-0.05, 0) is 67.3 Å². The lowest BCUT2D eigenvalue weighted by atomic mass is 9.49. The molecule has 0 unspecified atom stereocenters. The first-order valence-corrected chi connectivity index (χ1v) is 9.05. The normalized spacial score (nSPS) is 36.3. The van der Waals surface area contributed by atoms with Crippen molar-refractivity contribution in [2.24, 2.45) is 35.5 Å². The lowest BCUT2D eigenvalue weighted by Gasteiger charge is -2.55. The van der Waals surface area contributed by atoms with E-state index in [1.54, 1.807) is 0 Å². The molecule has 0 aromatic heterocycles. The molecule has 0 radical (unpaired) electrons. The van der Waals surface area contributed by atoms with Crippen molar-refractivity contribution in [2.75, 3.05) is 7.11 Å². The summed E-state index contributed by atoms with van der Waals surface area (Å²) in [6.45, 7) is 0. The molecule has 0 heterocycles.